The van der Waals surface area contributed by atoms with E-state index in [-0.39, 0.29) is 17.5 Å². The van der Waals surface area contributed by atoms with E-state index in [0.29, 0.717) is 0 Å². The first kappa shape index (κ1) is 12.4. The summed E-state index contributed by atoms with van der Waals surface area (Å²) in [5.74, 6) is 0.107. The van der Waals surface area contributed by atoms with E-state index >= 15 is 0 Å². The van der Waals surface area contributed by atoms with Crippen molar-refractivity contribution in [2.75, 3.05) is 0 Å². The first-order valence-electron chi connectivity index (χ1n) is 6.88. The molecule has 92 valence electrons. The summed E-state index contributed by atoms with van der Waals surface area (Å²) in [7, 11) is 0. The molecular weight excluding hydrogens is 210 g/mol. The predicted octanol–water partition coefficient (Wildman–Crippen LogP) is 2.88. The van der Waals surface area contributed by atoms with Crippen molar-refractivity contribution in [2.45, 2.75) is 69.4 Å². The van der Waals surface area contributed by atoms with Gasteiger partial charge in [-0.3, -0.25) is 5.32 Å². The second-order valence-electron chi connectivity index (χ2n) is 5.53. The van der Waals surface area contributed by atoms with Crippen molar-refractivity contribution in [3.8, 4) is 12.1 Å². The Morgan fingerprint density at radius 3 is 2.29 bits per heavy atom. The minimum atomic E-state index is -0.338. The molecule has 2 rings (SSSR count). The molecule has 0 saturated heterocycles. The Morgan fingerprint density at radius 2 is 1.65 bits per heavy atom. The van der Waals surface area contributed by atoms with Crippen molar-refractivity contribution in [1.82, 2.24) is 5.32 Å². The third kappa shape index (κ3) is 2.79. The standard InChI is InChI=1S/C14H21N3/c15-10-12-6-2-3-7-13(12)17-14(11-16)8-4-1-5-9-14/h12-13,17H,1-9H2. The van der Waals surface area contributed by atoms with Gasteiger partial charge in [0.25, 0.3) is 0 Å². The Labute approximate surface area is 104 Å². The topological polar surface area (TPSA) is 59.6 Å². The number of nitrogens with zero attached hydrogens (tertiary/aromatic N) is 2. The van der Waals surface area contributed by atoms with Crippen LogP contribution in [0, 0.1) is 28.6 Å². The minimum absolute atomic E-state index is 0.107. The molecular formula is C14H21N3. The predicted molar refractivity (Wildman–Crippen MR) is 65.9 cm³/mol. The second-order valence-corrected chi connectivity index (χ2v) is 5.53. The van der Waals surface area contributed by atoms with Crippen molar-refractivity contribution < 1.29 is 0 Å². The fraction of sp³-hybridized carbons (Fsp3) is 0.857. The van der Waals surface area contributed by atoms with E-state index in [1.54, 1.807) is 0 Å². The molecule has 3 nitrogen and oxygen atoms in total. The van der Waals surface area contributed by atoms with E-state index in [0.717, 1.165) is 44.9 Å². The van der Waals surface area contributed by atoms with Crippen LogP contribution in [0.15, 0.2) is 0 Å². The molecule has 0 aromatic rings. The van der Waals surface area contributed by atoms with Crippen LogP contribution in [0.5, 0.6) is 0 Å². The van der Waals surface area contributed by atoms with Crippen LogP contribution in [0.1, 0.15) is 57.8 Å². The average Bonchev–Trinajstić information content (AvgIpc) is 2.40. The molecule has 0 bridgehead atoms. The molecule has 0 aromatic carbocycles. The molecule has 1 N–H and O–H groups in total. The molecule has 0 radical (unpaired) electrons. The van der Waals surface area contributed by atoms with Gasteiger partial charge in [0, 0.05) is 6.04 Å². The van der Waals surface area contributed by atoms with Crippen LogP contribution in [0.4, 0.5) is 0 Å². The third-order valence-electron chi connectivity index (χ3n) is 4.31. The molecule has 2 aliphatic carbocycles. The summed E-state index contributed by atoms with van der Waals surface area (Å²) in [6.45, 7) is 0. The quantitative estimate of drug-likeness (QED) is 0.795. The van der Waals surface area contributed by atoms with Crippen molar-refractivity contribution in [3.63, 3.8) is 0 Å². The number of rotatable bonds is 2. The van der Waals surface area contributed by atoms with Crippen LogP contribution >= 0.6 is 0 Å². The van der Waals surface area contributed by atoms with E-state index in [4.69, 9.17) is 0 Å². The summed E-state index contributed by atoms with van der Waals surface area (Å²) in [4.78, 5) is 0. The highest BCUT2D eigenvalue weighted by Gasteiger charge is 2.37. The van der Waals surface area contributed by atoms with Gasteiger partial charge in [0.05, 0.1) is 18.1 Å². The van der Waals surface area contributed by atoms with Gasteiger partial charge in [-0.25, -0.2) is 0 Å². The zero-order valence-electron chi connectivity index (χ0n) is 10.4. The lowest BCUT2D eigenvalue weighted by atomic mass is 9.79. The smallest absolute Gasteiger partial charge is 0.107 e. The maximum absolute atomic E-state index is 9.44. The fourth-order valence-electron chi connectivity index (χ4n) is 3.26. The summed E-state index contributed by atoms with van der Waals surface area (Å²) in [5.41, 5.74) is -0.338. The Hall–Kier alpha value is -1.06. The fourth-order valence-corrected chi connectivity index (χ4v) is 3.26. The van der Waals surface area contributed by atoms with Crippen molar-refractivity contribution in [3.05, 3.63) is 0 Å². The van der Waals surface area contributed by atoms with Gasteiger partial charge in [0.15, 0.2) is 0 Å². The highest BCUT2D eigenvalue weighted by molar-refractivity contribution is 5.11. The van der Waals surface area contributed by atoms with Crippen LogP contribution in [0.2, 0.25) is 0 Å². The minimum Gasteiger partial charge on any atom is -0.295 e. The van der Waals surface area contributed by atoms with Gasteiger partial charge in [-0.1, -0.05) is 32.1 Å². The molecule has 0 spiro atoms. The summed E-state index contributed by atoms with van der Waals surface area (Å²) >= 11 is 0. The lowest BCUT2D eigenvalue weighted by Crippen LogP contribution is -2.53. The Bertz CT molecular complexity index is 330. The zero-order chi connectivity index (χ0) is 12.1. The average molecular weight is 231 g/mol. The van der Waals surface area contributed by atoms with E-state index in [9.17, 15) is 10.5 Å². The monoisotopic (exact) mass is 231 g/mol. The molecule has 2 fully saturated rings. The molecule has 0 heterocycles. The molecule has 2 atom stereocenters. The van der Waals surface area contributed by atoms with Crippen LogP contribution in [-0.2, 0) is 0 Å². The lowest BCUT2D eigenvalue weighted by Gasteiger charge is -2.38. The number of nitriles is 2. The Kier molecular flexibility index (Phi) is 4.02. The van der Waals surface area contributed by atoms with Gasteiger partial charge < -0.3 is 0 Å². The van der Waals surface area contributed by atoms with Crippen molar-refractivity contribution in [2.24, 2.45) is 5.92 Å². The largest absolute Gasteiger partial charge is 0.295 e. The highest BCUT2D eigenvalue weighted by Crippen LogP contribution is 2.32. The number of hydrogen-bond donors (Lipinski definition) is 1. The zero-order valence-corrected chi connectivity index (χ0v) is 10.4. The second kappa shape index (κ2) is 5.52. The first-order valence-corrected chi connectivity index (χ1v) is 6.88. The highest BCUT2D eigenvalue weighted by atomic mass is 15.0. The molecule has 2 unspecified atom stereocenters. The maximum Gasteiger partial charge on any atom is 0.107 e. The van der Waals surface area contributed by atoms with E-state index < -0.39 is 0 Å². The first-order chi connectivity index (χ1) is 8.29. The molecule has 2 aliphatic rings. The molecule has 0 amide bonds. The Balaban J connectivity index is 2.02. The van der Waals surface area contributed by atoms with Gasteiger partial charge in [-0.05, 0) is 25.7 Å². The van der Waals surface area contributed by atoms with E-state index in [1.165, 1.54) is 12.8 Å². The molecule has 3 heteroatoms. The van der Waals surface area contributed by atoms with Crippen LogP contribution in [-0.4, -0.2) is 11.6 Å². The van der Waals surface area contributed by atoms with Crippen molar-refractivity contribution >= 4 is 0 Å². The van der Waals surface area contributed by atoms with Crippen molar-refractivity contribution in [1.29, 1.82) is 10.5 Å². The van der Waals surface area contributed by atoms with Gasteiger partial charge >= 0.3 is 0 Å². The van der Waals surface area contributed by atoms with Gasteiger partial charge in [0.1, 0.15) is 5.54 Å². The Morgan fingerprint density at radius 1 is 0.941 bits per heavy atom. The number of hydrogen-bond acceptors (Lipinski definition) is 3. The molecule has 0 aliphatic heterocycles. The summed E-state index contributed by atoms with van der Waals surface area (Å²) in [6.07, 6.45) is 9.85. The maximum atomic E-state index is 9.44. The number of nitrogens with one attached hydrogen (secondary N) is 1. The third-order valence-corrected chi connectivity index (χ3v) is 4.31. The van der Waals surface area contributed by atoms with Gasteiger partial charge in [-0.2, -0.15) is 10.5 Å². The van der Waals surface area contributed by atoms with Crippen LogP contribution in [0.3, 0.4) is 0 Å². The molecule has 17 heavy (non-hydrogen) atoms. The van der Waals surface area contributed by atoms with Crippen LogP contribution < -0.4 is 5.32 Å². The van der Waals surface area contributed by atoms with E-state index in [2.05, 4.69) is 17.5 Å². The summed E-state index contributed by atoms with van der Waals surface area (Å²) in [6, 6.07) is 5.14. The van der Waals surface area contributed by atoms with Gasteiger partial charge in [0.2, 0.25) is 0 Å². The van der Waals surface area contributed by atoms with Gasteiger partial charge in [-0.15, -0.1) is 0 Å². The molecule has 2 saturated carbocycles. The normalized spacial score (nSPS) is 32.4. The molecule has 0 aromatic heterocycles. The summed E-state index contributed by atoms with van der Waals surface area (Å²) in [5, 5.41) is 22.1. The SMILES string of the molecule is N#CC1CCCCC1NC1(C#N)CCCCC1. The lowest BCUT2D eigenvalue weighted by molar-refractivity contribution is 0.213. The van der Waals surface area contributed by atoms with Crippen LogP contribution in [0.25, 0.3) is 0 Å². The van der Waals surface area contributed by atoms with E-state index in [1.807, 2.05) is 0 Å². The summed E-state index contributed by atoms with van der Waals surface area (Å²) < 4.78 is 0.